The molecule has 0 saturated carbocycles. The summed E-state index contributed by atoms with van der Waals surface area (Å²) in [4.78, 5) is 37.0. The zero-order chi connectivity index (χ0) is 22.8. The Hall–Kier alpha value is -3.77. The first-order valence-corrected chi connectivity index (χ1v) is 10.2. The molecule has 32 heavy (non-hydrogen) atoms. The van der Waals surface area contributed by atoms with Gasteiger partial charge in [0.2, 0.25) is 5.91 Å². The Morgan fingerprint density at radius 1 is 0.781 bits per heavy atom. The summed E-state index contributed by atoms with van der Waals surface area (Å²) in [6.45, 7) is 0.126. The van der Waals surface area contributed by atoms with Crippen molar-refractivity contribution in [2.75, 3.05) is 13.7 Å². The van der Waals surface area contributed by atoms with Gasteiger partial charge in [0.15, 0.2) is 5.78 Å². The number of esters is 1. The predicted octanol–water partition coefficient (Wildman–Crippen LogP) is 3.33. The van der Waals surface area contributed by atoms with E-state index in [1.54, 1.807) is 36.4 Å². The number of carbonyl (C=O) groups is 3. The molecule has 0 unspecified atom stereocenters. The van der Waals surface area contributed by atoms with E-state index in [0.717, 1.165) is 11.1 Å². The number of hydrogen-bond acceptors (Lipinski definition) is 5. The van der Waals surface area contributed by atoms with Crippen molar-refractivity contribution in [2.45, 2.75) is 19.1 Å². The van der Waals surface area contributed by atoms with Gasteiger partial charge in [0, 0.05) is 17.5 Å². The van der Waals surface area contributed by atoms with Crippen LogP contribution in [0.15, 0.2) is 84.9 Å². The fraction of sp³-hybridized carbons (Fsp3) is 0.192. The van der Waals surface area contributed by atoms with E-state index in [4.69, 9.17) is 9.47 Å². The summed E-state index contributed by atoms with van der Waals surface area (Å²) in [7, 11) is 1.27. The van der Waals surface area contributed by atoms with Crippen LogP contribution in [-0.2, 0) is 32.1 Å². The van der Waals surface area contributed by atoms with Crippen molar-refractivity contribution in [3.63, 3.8) is 0 Å². The summed E-state index contributed by atoms with van der Waals surface area (Å²) in [5, 5.41) is 2.66. The molecule has 0 saturated heterocycles. The highest BCUT2D eigenvalue weighted by atomic mass is 16.5. The molecule has 0 heterocycles. The second-order valence-corrected chi connectivity index (χ2v) is 7.22. The van der Waals surface area contributed by atoms with E-state index in [-0.39, 0.29) is 18.8 Å². The van der Waals surface area contributed by atoms with Gasteiger partial charge in [0.05, 0.1) is 13.7 Å². The van der Waals surface area contributed by atoms with E-state index >= 15 is 0 Å². The third kappa shape index (κ3) is 6.62. The van der Waals surface area contributed by atoms with Crippen molar-refractivity contribution in [2.24, 2.45) is 0 Å². The number of benzene rings is 3. The molecule has 3 aromatic rings. The van der Waals surface area contributed by atoms with Crippen LogP contribution in [0, 0.1) is 0 Å². The smallest absolute Gasteiger partial charge is 0.328 e. The maximum atomic E-state index is 12.5. The molecular formula is C26H25NO5. The van der Waals surface area contributed by atoms with E-state index in [2.05, 4.69) is 5.32 Å². The van der Waals surface area contributed by atoms with Crippen molar-refractivity contribution >= 4 is 17.7 Å². The van der Waals surface area contributed by atoms with E-state index in [1.165, 1.54) is 7.11 Å². The largest absolute Gasteiger partial charge is 0.467 e. The average molecular weight is 431 g/mol. The SMILES string of the molecule is COC(=O)[C@H](Cc1ccc(C(=O)c2ccccc2)cc1)NC(=O)COCc1ccccc1. The fourth-order valence-electron chi connectivity index (χ4n) is 3.19. The average Bonchev–Trinajstić information content (AvgIpc) is 2.84. The second-order valence-electron chi connectivity index (χ2n) is 7.22. The molecule has 3 aromatic carbocycles. The number of nitrogens with one attached hydrogen (secondary N) is 1. The van der Waals surface area contributed by atoms with Crippen molar-refractivity contribution < 1.29 is 23.9 Å². The highest BCUT2D eigenvalue weighted by Crippen LogP contribution is 2.13. The Morgan fingerprint density at radius 3 is 2.00 bits per heavy atom. The van der Waals surface area contributed by atoms with Gasteiger partial charge in [-0.25, -0.2) is 4.79 Å². The lowest BCUT2D eigenvalue weighted by molar-refractivity contribution is -0.145. The third-order valence-electron chi connectivity index (χ3n) is 4.86. The molecule has 6 heteroatoms. The van der Waals surface area contributed by atoms with Crippen LogP contribution in [0.2, 0.25) is 0 Å². The third-order valence-corrected chi connectivity index (χ3v) is 4.86. The molecule has 1 amide bonds. The van der Waals surface area contributed by atoms with Gasteiger partial charge in [-0.1, -0.05) is 84.9 Å². The van der Waals surface area contributed by atoms with Gasteiger partial charge in [-0.15, -0.1) is 0 Å². The van der Waals surface area contributed by atoms with Crippen LogP contribution < -0.4 is 5.32 Å². The van der Waals surface area contributed by atoms with Gasteiger partial charge in [-0.05, 0) is 11.1 Å². The Labute approximate surface area is 187 Å². The molecule has 1 N–H and O–H groups in total. The zero-order valence-electron chi connectivity index (χ0n) is 17.8. The lowest BCUT2D eigenvalue weighted by atomic mass is 9.99. The van der Waals surface area contributed by atoms with E-state index < -0.39 is 17.9 Å². The molecule has 0 radical (unpaired) electrons. The molecule has 6 nitrogen and oxygen atoms in total. The van der Waals surface area contributed by atoms with E-state index in [1.807, 2.05) is 48.5 Å². The van der Waals surface area contributed by atoms with E-state index in [9.17, 15) is 14.4 Å². The minimum absolute atomic E-state index is 0.0782. The Bertz CT molecular complexity index is 1030. The molecule has 0 aliphatic rings. The number of amides is 1. The van der Waals surface area contributed by atoms with Crippen LogP contribution in [-0.4, -0.2) is 37.4 Å². The van der Waals surface area contributed by atoms with Crippen molar-refractivity contribution in [1.29, 1.82) is 0 Å². The molecule has 0 aliphatic heterocycles. The molecule has 0 bridgehead atoms. The topological polar surface area (TPSA) is 81.7 Å². The molecule has 0 aliphatic carbocycles. The Morgan fingerprint density at radius 2 is 1.38 bits per heavy atom. The van der Waals surface area contributed by atoms with Gasteiger partial charge in [0.1, 0.15) is 12.6 Å². The number of methoxy groups -OCH3 is 1. The first-order valence-electron chi connectivity index (χ1n) is 10.2. The van der Waals surface area contributed by atoms with Crippen LogP contribution in [0.3, 0.4) is 0 Å². The Kier molecular flexibility index (Phi) is 8.29. The molecule has 0 aromatic heterocycles. The van der Waals surface area contributed by atoms with Gasteiger partial charge in [-0.2, -0.15) is 0 Å². The van der Waals surface area contributed by atoms with Gasteiger partial charge < -0.3 is 14.8 Å². The lowest BCUT2D eigenvalue weighted by Gasteiger charge is -2.17. The van der Waals surface area contributed by atoms with Gasteiger partial charge >= 0.3 is 5.97 Å². The summed E-state index contributed by atoms with van der Waals surface area (Å²) < 4.78 is 10.3. The number of hydrogen-bond donors (Lipinski definition) is 1. The van der Waals surface area contributed by atoms with Crippen LogP contribution in [0.4, 0.5) is 0 Å². The van der Waals surface area contributed by atoms with Crippen LogP contribution >= 0.6 is 0 Å². The standard InChI is InChI=1S/C26H25NO5/c1-31-26(30)23(27-24(28)18-32-17-20-8-4-2-5-9-20)16-19-12-14-22(15-13-19)25(29)21-10-6-3-7-11-21/h2-15,23H,16-18H2,1H3,(H,27,28)/t23-/m0/s1. The first kappa shape index (κ1) is 22.9. The van der Waals surface area contributed by atoms with Crippen molar-refractivity contribution in [3.05, 3.63) is 107 Å². The number of ketones is 1. The number of carbonyl (C=O) groups excluding carboxylic acids is 3. The van der Waals surface area contributed by atoms with Crippen LogP contribution in [0.25, 0.3) is 0 Å². The molecular weight excluding hydrogens is 406 g/mol. The minimum atomic E-state index is -0.858. The summed E-state index contributed by atoms with van der Waals surface area (Å²) in [5.74, 6) is -1.04. The van der Waals surface area contributed by atoms with Crippen molar-refractivity contribution in [3.8, 4) is 0 Å². The second kappa shape index (κ2) is 11.6. The molecule has 1 atom stereocenters. The zero-order valence-corrected chi connectivity index (χ0v) is 17.8. The van der Waals surface area contributed by atoms with E-state index in [0.29, 0.717) is 17.7 Å². The maximum absolute atomic E-state index is 12.5. The Balaban J connectivity index is 1.57. The fourth-order valence-corrected chi connectivity index (χ4v) is 3.19. The quantitative estimate of drug-likeness (QED) is 0.393. The normalized spacial score (nSPS) is 11.4. The first-order chi connectivity index (χ1) is 15.6. The highest BCUT2D eigenvalue weighted by Gasteiger charge is 2.22. The summed E-state index contributed by atoms with van der Waals surface area (Å²) in [5.41, 5.74) is 2.90. The molecule has 0 fully saturated rings. The van der Waals surface area contributed by atoms with Gasteiger partial charge in [-0.3, -0.25) is 9.59 Å². The molecule has 164 valence electrons. The predicted molar refractivity (Wildman–Crippen MR) is 120 cm³/mol. The number of ether oxygens (including phenoxy) is 2. The molecule has 0 spiro atoms. The lowest BCUT2D eigenvalue weighted by Crippen LogP contribution is -2.44. The number of rotatable bonds is 10. The maximum Gasteiger partial charge on any atom is 0.328 e. The minimum Gasteiger partial charge on any atom is -0.467 e. The summed E-state index contributed by atoms with van der Waals surface area (Å²) in [6, 6.07) is 24.6. The molecule has 3 rings (SSSR count). The van der Waals surface area contributed by atoms with Crippen LogP contribution in [0.5, 0.6) is 0 Å². The van der Waals surface area contributed by atoms with Gasteiger partial charge in [0.25, 0.3) is 0 Å². The van der Waals surface area contributed by atoms with Crippen molar-refractivity contribution in [1.82, 2.24) is 5.32 Å². The summed E-state index contributed by atoms with van der Waals surface area (Å²) >= 11 is 0. The summed E-state index contributed by atoms with van der Waals surface area (Å²) in [6.07, 6.45) is 0.233. The monoisotopic (exact) mass is 431 g/mol. The van der Waals surface area contributed by atoms with Crippen LogP contribution in [0.1, 0.15) is 27.0 Å². The highest BCUT2D eigenvalue weighted by molar-refractivity contribution is 6.08.